The standard InChI is InChI=1S/C10H22OSi/c1-7-8-9-11-12(5,6)10(2,3)4/h8-9H,7H2,1-6H3/b9-8+. The lowest BCUT2D eigenvalue weighted by molar-refractivity contribution is 0.428. The molecule has 1 nitrogen and oxygen atoms in total. The van der Waals surface area contributed by atoms with Gasteiger partial charge in [0.05, 0.1) is 6.26 Å². The van der Waals surface area contributed by atoms with E-state index in [4.69, 9.17) is 4.43 Å². The summed E-state index contributed by atoms with van der Waals surface area (Å²) >= 11 is 0. The van der Waals surface area contributed by atoms with Crippen molar-refractivity contribution in [3.05, 3.63) is 12.3 Å². The molecule has 0 bridgehead atoms. The van der Waals surface area contributed by atoms with E-state index in [2.05, 4.69) is 46.9 Å². The SMILES string of the molecule is CC/C=C/O[Si](C)(C)C(C)(C)C. The van der Waals surface area contributed by atoms with Gasteiger partial charge in [-0.2, -0.15) is 0 Å². The van der Waals surface area contributed by atoms with E-state index in [-0.39, 0.29) is 0 Å². The minimum Gasteiger partial charge on any atom is -0.549 e. The maximum absolute atomic E-state index is 5.79. The highest BCUT2D eigenvalue weighted by Gasteiger charge is 2.37. The molecule has 0 N–H and O–H groups in total. The summed E-state index contributed by atoms with van der Waals surface area (Å²) in [6, 6.07) is 0. The van der Waals surface area contributed by atoms with Crippen molar-refractivity contribution in [2.24, 2.45) is 0 Å². The summed E-state index contributed by atoms with van der Waals surface area (Å²) < 4.78 is 5.79. The molecule has 72 valence electrons. The van der Waals surface area contributed by atoms with Crippen LogP contribution in [0.3, 0.4) is 0 Å². The minimum atomic E-state index is -1.53. The lowest BCUT2D eigenvalue weighted by Gasteiger charge is -2.34. The van der Waals surface area contributed by atoms with E-state index in [1.54, 1.807) is 0 Å². The lowest BCUT2D eigenvalue weighted by atomic mass is 10.2. The van der Waals surface area contributed by atoms with Crippen molar-refractivity contribution < 1.29 is 4.43 Å². The smallest absolute Gasteiger partial charge is 0.249 e. The third-order valence-electron chi connectivity index (χ3n) is 2.50. The maximum Gasteiger partial charge on any atom is 0.249 e. The van der Waals surface area contributed by atoms with Gasteiger partial charge in [-0.05, 0) is 24.6 Å². The molecule has 0 fully saturated rings. The summed E-state index contributed by atoms with van der Waals surface area (Å²) in [5, 5.41) is 0.311. The van der Waals surface area contributed by atoms with Crippen LogP contribution in [0.1, 0.15) is 34.1 Å². The predicted molar refractivity (Wildman–Crippen MR) is 57.7 cm³/mol. The molecule has 0 atom stereocenters. The maximum atomic E-state index is 5.79. The lowest BCUT2D eigenvalue weighted by Crippen LogP contribution is -2.39. The normalized spacial score (nSPS) is 13.8. The van der Waals surface area contributed by atoms with Crippen molar-refractivity contribution in [1.82, 2.24) is 0 Å². The van der Waals surface area contributed by atoms with E-state index in [1.165, 1.54) is 0 Å². The zero-order valence-corrected chi connectivity index (χ0v) is 10.3. The van der Waals surface area contributed by atoms with Crippen molar-refractivity contribution in [3.8, 4) is 0 Å². The molecule has 0 aromatic rings. The van der Waals surface area contributed by atoms with Gasteiger partial charge in [-0.1, -0.05) is 33.8 Å². The molecular weight excluding hydrogens is 164 g/mol. The Hall–Kier alpha value is -0.243. The van der Waals surface area contributed by atoms with Crippen molar-refractivity contribution >= 4 is 8.32 Å². The first kappa shape index (κ1) is 11.8. The van der Waals surface area contributed by atoms with Crippen LogP contribution < -0.4 is 0 Å². The second-order valence-electron chi connectivity index (χ2n) is 4.66. The van der Waals surface area contributed by atoms with Crippen molar-refractivity contribution in [1.29, 1.82) is 0 Å². The molecule has 0 unspecified atom stereocenters. The zero-order chi connectivity index (χ0) is 9.83. The summed E-state index contributed by atoms with van der Waals surface area (Å²) in [6.07, 6.45) is 4.99. The molecule has 0 aromatic carbocycles. The summed E-state index contributed by atoms with van der Waals surface area (Å²) in [4.78, 5) is 0. The average Bonchev–Trinajstić information content (AvgIpc) is 1.85. The molecular formula is C10H22OSi. The molecule has 0 saturated carbocycles. The second kappa shape index (κ2) is 4.12. The van der Waals surface area contributed by atoms with Gasteiger partial charge in [0.2, 0.25) is 8.32 Å². The highest BCUT2D eigenvalue weighted by atomic mass is 28.4. The van der Waals surface area contributed by atoms with E-state index >= 15 is 0 Å². The van der Waals surface area contributed by atoms with Gasteiger partial charge >= 0.3 is 0 Å². The van der Waals surface area contributed by atoms with Crippen LogP contribution in [0.25, 0.3) is 0 Å². The molecule has 0 saturated heterocycles. The summed E-state index contributed by atoms with van der Waals surface area (Å²) in [5.74, 6) is 0. The zero-order valence-electron chi connectivity index (χ0n) is 9.27. The van der Waals surface area contributed by atoms with E-state index in [1.807, 2.05) is 6.26 Å². The van der Waals surface area contributed by atoms with Gasteiger partial charge < -0.3 is 4.43 Å². The highest BCUT2D eigenvalue weighted by molar-refractivity contribution is 6.74. The molecule has 12 heavy (non-hydrogen) atoms. The number of allylic oxidation sites excluding steroid dienone is 1. The molecule has 0 radical (unpaired) electrons. The van der Waals surface area contributed by atoms with Crippen molar-refractivity contribution in [2.75, 3.05) is 0 Å². The molecule has 0 aliphatic carbocycles. The Morgan fingerprint density at radius 2 is 1.75 bits per heavy atom. The monoisotopic (exact) mass is 186 g/mol. The van der Waals surface area contributed by atoms with Gasteiger partial charge in [0.25, 0.3) is 0 Å². The fourth-order valence-corrected chi connectivity index (χ4v) is 1.28. The van der Waals surface area contributed by atoms with Crippen LogP contribution in [-0.2, 0) is 4.43 Å². The molecule has 0 rings (SSSR count). The fraction of sp³-hybridized carbons (Fsp3) is 0.800. The van der Waals surface area contributed by atoms with Gasteiger partial charge in [0, 0.05) is 0 Å². The van der Waals surface area contributed by atoms with Gasteiger partial charge in [-0.15, -0.1) is 0 Å². The Labute approximate surface area is 78.0 Å². The predicted octanol–water partition coefficient (Wildman–Crippen LogP) is 3.93. The number of rotatable bonds is 3. The minimum absolute atomic E-state index is 0.311. The Bertz CT molecular complexity index is 154. The molecule has 0 aliphatic rings. The number of hydrogen-bond acceptors (Lipinski definition) is 1. The Morgan fingerprint density at radius 1 is 1.25 bits per heavy atom. The van der Waals surface area contributed by atoms with Crippen LogP contribution in [0.5, 0.6) is 0 Å². The first-order chi connectivity index (χ1) is 5.31. The summed E-state index contributed by atoms with van der Waals surface area (Å²) in [5.41, 5.74) is 0. The molecule has 0 aliphatic heterocycles. The molecule has 0 spiro atoms. The van der Waals surface area contributed by atoms with Crippen LogP contribution in [0.2, 0.25) is 18.1 Å². The third kappa shape index (κ3) is 3.44. The second-order valence-corrected chi connectivity index (χ2v) is 9.41. The highest BCUT2D eigenvalue weighted by Crippen LogP contribution is 2.36. The van der Waals surface area contributed by atoms with Crippen LogP contribution in [0, 0.1) is 0 Å². The van der Waals surface area contributed by atoms with Crippen LogP contribution in [0.15, 0.2) is 12.3 Å². The van der Waals surface area contributed by atoms with Crippen LogP contribution in [0.4, 0.5) is 0 Å². The number of hydrogen-bond donors (Lipinski definition) is 0. The largest absolute Gasteiger partial charge is 0.549 e. The first-order valence-electron chi connectivity index (χ1n) is 4.64. The Kier molecular flexibility index (Phi) is 4.04. The van der Waals surface area contributed by atoms with Gasteiger partial charge in [0.15, 0.2) is 0 Å². The summed E-state index contributed by atoms with van der Waals surface area (Å²) in [6.45, 7) is 13.4. The Balaban J connectivity index is 4.14. The molecule has 0 aromatic heterocycles. The first-order valence-corrected chi connectivity index (χ1v) is 7.55. The molecule has 2 heteroatoms. The average molecular weight is 186 g/mol. The third-order valence-corrected chi connectivity index (χ3v) is 6.84. The van der Waals surface area contributed by atoms with E-state index < -0.39 is 8.32 Å². The van der Waals surface area contributed by atoms with Crippen LogP contribution >= 0.6 is 0 Å². The van der Waals surface area contributed by atoms with E-state index in [0.29, 0.717) is 5.04 Å². The van der Waals surface area contributed by atoms with Crippen LogP contribution in [-0.4, -0.2) is 8.32 Å². The van der Waals surface area contributed by atoms with E-state index in [9.17, 15) is 0 Å². The van der Waals surface area contributed by atoms with E-state index in [0.717, 1.165) is 6.42 Å². The van der Waals surface area contributed by atoms with Gasteiger partial charge in [-0.25, -0.2) is 0 Å². The summed E-state index contributed by atoms with van der Waals surface area (Å²) in [7, 11) is -1.53. The van der Waals surface area contributed by atoms with Crippen molar-refractivity contribution in [3.63, 3.8) is 0 Å². The molecule has 0 heterocycles. The topological polar surface area (TPSA) is 9.23 Å². The van der Waals surface area contributed by atoms with Gasteiger partial charge in [-0.3, -0.25) is 0 Å². The fourth-order valence-electron chi connectivity index (χ4n) is 0.491. The quantitative estimate of drug-likeness (QED) is 0.479. The van der Waals surface area contributed by atoms with Gasteiger partial charge in [0.1, 0.15) is 0 Å². The van der Waals surface area contributed by atoms with Crippen molar-refractivity contribution in [2.45, 2.75) is 52.2 Å². The Morgan fingerprint density at radius 3 is 2.08 bits per heavy atom. The molecule has 0 amide bonds.